The molecule has 3 aliphatic rings. The first kappa shape index (κ1) is 17.2. The third-order valence-corrected chi connectivity index (χ3v) is 5.18. The number of ether oxygens (including phenoxy) is 3. The average molecular weight is 367 g/mol. The Bertz CT molecular complexity index is 728. The van der Waals surface area contributed by atoms with Crippen molar-refractivity contribution in [2.45, 2.75) is 38.1 Å². The van der Waals surface area contributed by atoms with Crippen LogP contribution in [0.15, 0.2) is 18.2 Å². The molecule has 0 N–H and O–H groups in total. The van der Waals surface area contributed by atoms with Crippen molar-refractivity contribution >= 4 is 12.1 Å². The summed E-state index contributed by atoms with van der Waals surface area (Å²) in [5.41, 5.74) is 0.0756. The SMILES string of the molecule is O=C1CC2(CO1)CN(C(=O)OC1CC(OCc3ccc(F)cc3F)C1)C2. The number of carbonyl (C=O) groups is 2. The van der Waals surface area contributed by atoms with Crippen LogP contribution in [-0.4, -0.2) is 48.9 Å². The van der Waals surface area contributed by atoms with Gasteiger partial charge in [0, 0.05) is 37.6 Å². The summed E-state index contributed by atoms with van der Waals surface area (Å²) in [6.07, 6.45) is 0.743. The van der Waals surface area contributed by atoms with E-state index >= 15 is 0 Å². The molecular weight excluding hydrogens is 348 g/mol. The van der Waals surface area contributed by atoms with E-state index < -0.39 is 11.6 Å². The van der Waals surface area contributed by atoms with Crippen molar-refractivity contribution in [3.05, 3.63) is 35.4 Å². The summed E-state index contributed by atoms with van der Waals surface area (Å²) in [7, 11) is 0. The Morgan fingerprint density at radius 3 is 2.69 bits per heavy atom. The molecule has 0 unspecified atom stereocenters. The lowest BCUT2D eigenvalue weighted by molar-refractivity contribution is -0.137. The van der Waals surface area contributed by atoms with Crippen LogP contribution in [0.5, 0.6) is 0 Å². The molecule has 0 radical (unpaired) electrons. The summed E-state index contributed by atoms with van der Waals surface area (Å²) in [5.74, 6) is -1.47. The van der Waals surface area contributed by atoms with Gasteiger partial charge in [0.2, 0.25) is 0 Å². The van der Waals surface area contributed by atoms with E-state index in [4.69, 9.17) is 14.2 Å². The number of halogens is 2. The van der Waals surface area contributed by atoms with Crippen LogP contribution in [0, 0.1) is 17.0 Å². The summed E-state index contributed by atoms with van der Waals surface area (Å²) in [6.45, 7) is 1.39. The maximum absolute atomic E-state index is 13.5. The van der Waals surface area contributed by atoms with Crippen LogP contribution < -0.4 is 0 Å². The van der Waals surface area contributed by atoms with Gasteiger partial charge in [0.25, 0.3) is 0 Å². The topological polar surface area (TPSA) is 65.1 Å². The summed E-state index contributed by atoms with van der Waals surface area (Å²) in [4.78, 5) is 24.8. The lowest BCUT2D eigenvalue weighted by Crippen LogP contribution is -2.59. The number of rotatable bonds is 4. The minimum Gasteiger partial charge on any atom is -0.465 e. The second kappa shape index (κ2) is 6.50. The fourth-order valence-corrected chi connectivity index (χ4v) is 3.55. The highest BCUT2D eigenvalue weighted by Gasteiger charge is 2.52. The minimum atomic E-state index is -0.631. The van der Waals surface area contributed by atoms with Gasteiger partial charge in [0.05, 0.1) is 24.5 Å². The molecule has 6 nitrogen and oxygen atoms in total. The molecule has 0 aromatic heterocycles. The molecule has 8 heteroatoms. The van der Waals surface area contributed by atoms with Gasteiger partial charge >= 0.3 is 12.1 Å². The molecule has 0 atom stereocenters. The van der Waals surface area contributed by atoms with E-state index in [0.29, 0.717) is 44.5 Å². The molecular formula is C18H19F2NO5. The zero-order valence-corrected chi connectivity index (χ0v) is 14.1. The molecule has 1 amide bonds. The molecule has 1 aromatic rings. The van der Waals surface area contributed by atoms with E-state index in [1.807, 2.05) is 0 Å². The van der Waals surface area contributed by atoms with Gasteiger partial charge in [-0.3, -0.25) is 4.79 Å². The van der Waals surface area contributed by atoms with Crippen molar-refractivity contribution < 1.29 is 32.6 Å². The maximum atomic E-state index is 13.5. The first-order valence-electron chi connectivity index (χ1n) is 8.59. The Balaban J connectivity index is 1.15. The Morgan fingerprint density at radius 2 is 2.04 bits per heavy atom. The van der Waals surface area contributed by atoms with Crippen LogP contribution in [0.2, 0.25) is 0 Å². The average Bonchev–Trinajstić information content (AvgIpc) is 2.91. The van der Waals surface area contributed by atoms with Crippen molar-refractivity contribution in [2.24, 2.45) is 5.41 Å². The van der Waals surface area contributed by atoms with Crippen molar-refractivity contribution in [1.82, 2.24) is 4.90 Å². The zero-order valence-electron chi connectivity index (χ0n) is 14.1. The molecule has 2 heterocycles. The predicted molar refractivity (Wildman–Crippen MR) is 84.0 cm³/mol. The molecule has 1 saturated carbocycles. The van der Waals surface area contributed by atoms with Crippen LogP contribution in [-0.2, 0) is 25.6 Å². The monoisotopic (exact) mass is 367 g/mol. The lowest BCUT2D eigenvalue weighted by Gasteiger charge is -2.46. The van der Waals surface area contributed by atoms with Crippen molar-refractivity contribution in [2.75, 3.05) is 19.7 Å². The number of nitrogens with zero attached hydrogens (tertiary/aromatic N) is 1. The number of benzene rings is 1. The Hall–Kier alpha value is -2.22. The molecule has 1 aliphatic carbocycles. The number of amides is 1. The van der Waals surface area contributed by atoms with E-state index in [-0.39, 0.29) is 36.3 Å². The second-order valence-corrected chi connectivity index (χ2v) is 7.34. The zero-order chi connectivity index (χ0) is 18.3. The van der Waals surface area contributed by atoms with E-state index in [0.717, 1.165) is 6.07 Å². The summed E-state index contributed by atoms with van der Waals surface area (Å²) >= 11 is 0. The van der Waals surface area contributed by atoms with Gasteiger partial charge in [0.15, 0.2) is 0 Å². The standard InChI is InChI=1S/C18H19F2NO5/c19-12-2-1-11(15(20)3-12)7-24-13-4-14(5-13)26-17(23)21-8-18(9-21)6-16(22)25-10-18/h1-3,13-14H,4-10H2. The Morgan fingerprint density at radius 1 is 1.27 bits per heavy atom. The Labute approximate surface area is 149 Å². The molecule has 3 fully saturated rings. The van der Waals surface area contributed by atoms with E-state index in [1.165, 1.54) is 12.1 Å². The highest BCUT2D eigenvalue weighted by Crippen LogP contribution is 2.39. The molecule has 2 saturated heterocycles. The van der Waals surface area contributed by atoms with E-state index in [9.17, 15) is 18.4 Å². The molecule has 1 spiro atoms. The van der Waals surface area contributed by atoms with Crippen molar-refractivity contribution in [1.29, 1.82) is 0 Å². The van der Waals surface area contributed by atoms with Gasteiger partial charge < -0.3 is 19.1 Å². The maximum Gasteiger partial charge on any atom is 0.410 e. The number of esters is 1. The highest BCUT2D eigenvalue weighted by molar-refractivity contribution is 5.75. The predicted octanol–water partition coefficient (Wildman–Crippen LogP) is 2.40. The molecule has 2 aliphatic heterocycles. The third-order valence-electron chi connectivity index (χ3n) is 5.18. The number of likely N-dealkylation sites (tertiary alicyclic amines) is 1. The normalized spacial score (nSPS) is 26.2. The fourth-order valence-electron chi connectivity index (χ4n) is 3.55. The number of hydrogen-bond acceptors (Lipinski definition) is 5. The smallest absolute Gasteiger partial charge is 0.410 e. The lowest BCUT2D eigenvalue weighted by atomic mass is 9.79. The van der Waals surface area contributed by atoms with Crippen LogP contribution in [0.25, 0.3) is 0 Å². The third kappa shape index (κ3) is 3.38. The fraction of sp³-hybridized carbons (Fsp3) is 0.556. The minimum absolute atomic E-state index is 0.0557. The molecule has 4 rings (SSSR count). The van der Waals surface area contributed by atoms with Gasteiger partial charge in [-0.05, 0) is 6.07 Å². The molecule has 140 valence electrons. The quantitative estimate of drug-likeness (QED) is 0.765. The van der Waals surface area contributed by atoms with Crippen molar-refractivity contribution in [3.8, 4) is 0 Å². The number of cyclic esters (lactones) is 1. The van der Waals surface area contributed by atoms with Gasteiger partial charge in [0.1, 0.15) is 24.3 Å². The van der Waals surface area contributed by atoms with E-state index in [1.54, 1.807) is 4.90 Å². The highest BCUT2D eigenvalue weighted by atomic mass is 19.1. The van der Waals surface area contributed by atoms with Crippen LogP contribution in [0.1, 0.15) is 24.8 Å². The van der Waals surface area contributed by atoms with Gasteiger partial charge in [-0.1, -0.05) is 6.07 Å². The summed E-state index contributed by atoms with van der Waals surface area (Å²) in [6, 6.07) is 3.38. The van der Waals surface area contributed by atoms with Gasteiger partial charge in [-0.15, -0.1) is 0 Å². The first-order chi connectivity index (χ1) is 12.4. The summed E-state index contributed by atoms with van der Waals surface area (Å²) in [5, 5.41) is 0. The number of hydrogen-bond donors (Lipinski definition) is 0. The van der Waals surface area contributed by atoms with Gasteiger partial charge in [-0.25, -0.2) is 13.6 Å². The van der Waals surface area contributed by atoms with Crippen molar-refractivity contribution in [3.63, 3.8) is 0 Å². The van der Waals surface area contributed by atoms with Crippen LogP contribution in [0.3, 0.4) is 0 Å². The van der Waals surface area contributed by atoms with Gasteiger partial charge in [-0.2, -0.15) is 0 Å². The second-order valence-electron chi connectivity index (χ2n) is 7.34. The number of carbonyl (C=O) groups excluding carboxylic acids is 2. The van der Waals surface area contributed by atoms with E-state index in [2.05, 4.69) is 0 Å². The van der Waals surface area contributed by atoms with Crippen LogP contribution >= 0.6 is 0 Å². The Kier molecular flexibility index (Phi) is 4.30. The largest absolute Gasteiger partial charge is 0.465 e. The molecule has 0 bridgehead atoms. The first-order valence-corrected chi connectivity index (χ1v) is 8.59. The molecule has 26 heavy (non-hydrogen) atoms. The van der Waals surface area contributed by atoms with Crippen LogP contribution in [0.4, 0.5) is 13.6 Å². The molecule has 1 aromatic carbocycles. The summed E-state index contributed by atoms with van der Waals surface area (Å²) < 4.78 is 42.3.